The number of amides is 1. The van der Waals surface area contributed by atoms with Crippen LogP contribution in [0.15, 0.2) is 0 Å². The van der Waals surface area contributed by atoms with Gasteiger partial charge in [0, 0.05) is 7.05 Å². The largest absolute Gasteiger partial charge is 0.453 e. The minimum Gasteiger partial charge on any atom is -0.453 e. The van der Waals surface area contributed by atoms with Gasteiger partial charge in [0.15, 0.2) is 0 Å². The van der Waals surface area contributed by atoms with Crippen molar-refractivity contribution in [1.29, 1.82) is 0 Å². The van der Waals surface area contributed by atoms with Gasteiger partial charge in [0.1, 0.15) is 11.8 Å². The maximum atomic E-state index is 10.9. The highest BCUT2D eigenvalue weighted by molar-refractivity contribution is 5.76. The number of ether oxygens (including phenoxy) is 1. The molecule has 0 heterocycles. The van der Waals surface area contributed by atoms with Crippen LogP contribution >= 0.6 is 0 Å². The van der Waals surface area contributed by atoms with Gasteiger partial charge in [-0.3, -0.25) is 4.90 Å². The molecule has 0 aliphatic rings. The van der Waals surface area contributed by atoms with E-state index in [1.165, 1.54) is 21.1 Å². The summed E-state index contributed by atoms with van der Waals surface area (Å²) in [4.78, 5) is 22.5. The van der Waals surface area contributed by atoms with Crippen LogP contribution in [0.5, 0.6) is 0 Å². The van der Waals surface area contributed by atoms with Crippen LogP contribution in [-0.4, -0.2) is 48.7 Å². The van der Waals surface area contributed by atoms with Gasteiger partial charge in [-0.25, -0.2) is 4.79 Å². The zero-order chi connectivity index (χ0) is 9.78. The monoisotopic (exact) mass is 175 g/mol. The standard InChI is InChI=1S/C7H13NO4/c1-7(4-9,5-10)8(2)6(11)12-3/h4,10H,5H2,1-3H3. The van der Waals surface area contributed by atoms with Crippen molar-refractivity contribution in [3.63, 3.8) is 0 Å². The van der Waals surface area contributed by atoms with Crippen molar-refractivity contribution in [2.24, 2.45) is 0 Å². The highest BCUT2D eigenvalue weighted by Gasteiger charge is 2.32. The topological polar surface area (TPSA) is 66.8 Å². The Bertz CT molecular complexity index is 182. The van der Waals surface area contributed by atoms with Crippen LogP contribution in [0.3, 0.4) is 0 Å². The maximum Gasteiger partial charge on any atom is 0.410 e. The van der Waals surface area contributed by atoms with Crippen molar-refractivity contribution in [2.45, 2.75) is 12.5 Å². The second-order valence-corrected chi connectivity index (χ2v) is 2.66. The molecule has 1 N–H and O–H groups in total. The van der Waals surface area contributed by atoms with Crippen LogP contribution in [0, 0.1) is 0 Å². The van der Waals surface area contributed by atoms with Gasteiger partial charge in [0.05, 0.1) is 13.7 Å². The summed E-state index contributed by atoms with van der Waals surface area (Å²) in [7, 11) is 2.60. The van der Waals surface area contributed by atoms with Crippen molar-refractivity contribution < 1.29 is 19.4 Å². The molecule has 70 valence electrons. The normalized spacial score (nSPS) is 14.7. The fraction of sp³-hybridized carbons (Fsp3) is 0.714. The molecular weight excluding hydrogens is 162 g/mol. The lowest BCUT2D eigenvalue weighted by molar-refractivity contribution is -0.118. The summed E-state index contributed by atoms with van der Waals surface area (Å²) in [6.07, 6.45) is -0.150. The predicted octanol–water partition coefficient (Wildman–Crippen LogP) is -0.365. The van der Waals surface area contributed by atoms with Crippen molar-refractivity contribution in [3.8, 4) is 0 Å². The molecule has 0 aromatic carbocycles. The molecule has 1 amide bonds. The van der Waals surface area contributed by atoms with E-state index in [1.54, 1.807) is 0 Å². The summed E-state index contributed by atoms with van der Waals surface area (Å²) in [6, 6.07) is 0. The Morgan fingerprint density at radius 3 is 2.50 bits per heavy atom. The first-order valence-electron chi connectivity index (χ1n) is 3.41. The zero-order valence-corrected chi connectivity index (χ0v) is 7.40. The van der Waals surface area contributed by atoms with Crippen molar-refractivity contribution >= 4 is 12.4 Å². The minimum atomic E-state index is -1.20. The quantitative estimate of drug-likeness (QED) is 0.594. The van der Waals surface area contributed by atoms with Crippen molar-refractivity contribution in [3.05, 3.63) is 0 Å². The molecule has 0 radical (unpaired) electrons. The number of nitrogens with zero attached hydrogens (tertiary/aromatic N) is 1. The summed E-state index contributed by atoms with van der Waals surface area (Å²) < 4.78 is 4.38. The molecule has 0 saturated carbocycles. The second-order valence-electron chi connectivity index (χ2n) is 2.66. The first kappa shape index (κ1) is 10.9. The van der Waals surface area contributed by atoms with Crippen LogP contribution in [0.25, 0.3) is 0 Å². The molecule has 0 fully saturated rings. The predicted molar refractivity (Wildman–Crippen MR) is 41.7 cm³/mol. The molecule has 0 spiro atoms. The molecule has 1 unspecified atom stereocenters. The number of likely N-dealkylation sites (N-methyl/N-ethyl adjacent to an activating group) is 1. The molecule has 0 aliphatic heterocycles. The maximum absolute atomic E-state index is 10.9. The van der Waals surface area contributed by atoms with Gasteiger partial charge in [0.25, 0.3) is 0 Å². The summed E-state index contributed by atoms with van der Waals surface area (Å²) in [5, 5.41) is 8.82. The third-order valence-corrected chi connectivity index (χ3v) is 1.79. The molecule has 1 atom stereocenters. The molecule has 0 bridgehead atoms. The Hall–Kier alpha value is -1.10. The average molecular weight is 175 g/mol. The number of hydrogen-bond donors (Lipinski definition) is 1. The highest BCUT2D eigenvalue weighted by Crippen LogP contribution is 2.09. The minimum absolute atomic E-state index is 0.428. The first-order chi connectivity index (χ1) is 5.51. The average Bonchev–Trinajstić information content (AvgIpc) is 2.14. The van der Waals surface area contributed by atoms with Gasteiger partial charge in [-0.05, 0) is 6.92 Å². The van der Waals surface area contributed by atoms with Crippen LogP contribution in [0.1, 0.15) is 6.92 Å². The number of hydrogen-bond acceptors (Lipinski definition) is 4. The van der Waals surface area contributed by atoms with Gasteiger partial charge >= 0.3 is 6.09 Å². The Labute approximate surface area is 70.9 Å². The number of aldehydes is 1. The molecule has 0 aliphatic carbocycles. The molecule has 0 saturated heterocycles. The van der Waals surface area contributed by atoms with E-state index >= 15 is 0 Å². The van der Waals surface area contributed by atoms with Crippen LogP contribution in [0.4, 0.5) is 4.79 Å². The first-order valence-corrected chi connectivity index (χ1v) is 3.41. The number of methoxy groups -OCH3 is 1. The summed E-state index contributed by atoms with van der Waals surface area (Å²) in [5.41, 5.74) is -1.20. The SMILES string of the molecule is COC(=O)N(C)C(C)(C=O)CO. The Morgan fingerprint density at radius 1 is 1.75 bits per heavy atom. The molecular formula is C7H13NO4. The molecule has 5 heteroatoms. The third-order valence-electron chi connectivity index (χ3n) is 1.79. The van der Waals surface area contributed by atoms with Crippen LogP contribution in [-0.2, 0) is 9.53 Å². The Morgan fingerprint density at radius 2 is 2.25 bits per heavy atom. The van der Waals surface area contributed by atoms with E-state index in [2.05, 4.69) is 4.74 Å². The van der Waals surface area contributed by atoms with Gasteiger partial charge in [-0.2, -0.15) is 0 Å². The van der Waals surface area contributed by atoms with Crippen LogP contribution in [0.2, 0.25) is 0 Å². The zero-order valence-electron chi connectivity index (χ0n) is 7.40. The van der Waals surface area contributed by atoms with E-state index < -0.39 is 18.2 Å². The molecule has 0 rings (SSSR count). The Kier molecular flexibility index (Phi) is 3.69. The number of carbonyl (C=O) groups excluding carboxylic acids is 2. The lowest BCUT2D eigenvalue weighted by Gasteiger charge is -2.30. The van der Waals surface area contributed by atoms with Crippen molar-refractivity contribution in [1.82, 2.24) is 4.90 Å². The smallest absolute Gasteiger partial charge is 0.410 e. The van der Waals surface area contributed by atoms with Gasteiger partial charge in [-0.15, -0.1) is 0 Å². The van der Waals surface area contributed by atoms with Crippen LogP contribution < -0.4 is 0 Å². The lowest BCUT2D eigenvalue weighted by Crippen LogP contribution is -2.51. The lowest BCUT2D eigenvalue weighted by atomic mass is 10.1. The summed E-state index contributed by atoms with van der Waals surface area (Å²) in [5.74, 6) is 0. The van der Waals surface area contributed by atoms with E-state index in [0.717, 1.165) is 4.90 Å². The summed E-state index contributed by atoms with van der Waals surface area (Å²) in [6.45, 7) is 1.01. The third kappa shape index (κ3) is 1.94. The molecule has 0 aromatic heterocycles. The Balaban J connectivity index is 4.51. The molecule has 12 heavy (non-hydrogen) atoms. The number of aliphatic hydroxyl groups excluding tert-OH is 1. The van der Waals surface area contributed by atoms with E-state index in [-0.39, 0.29) is 0 Å². The van der Waals surface area contributed by atoms with Crippen molar-refractivity contribution in [2.75, 3.05) is 20.8 Å². The van der Waals surface area contributed by atoms with E-state index in [9.17, 15) is 9.59 Å². The van der Waals surface area contributed by atoms with E-state index in [0.29, 0.717) is 6.29 Å². The summed E-state index contributed by atoms with van der Waals surface area (Å²) >= 11 is 0. The van der Waals surface area contributed by atoms with Gasteiger partial charge in [-0.1, -0.05) is 0 Å². The number of rotatable bonds is 3. The van der Waals surface area contributed by atoms with E-state index in [4.69, 9.17) is 5.11 Å². The molecule has 0 aromatic rings. The number of aliphatic hydroxyl groups is 1. The fourth-order valence-electron chi connectivity index (χ4n) is 0.568. The fourth-order valence-corrected chi connectivity index (χ4v) is 0.568. The van der Waals surface area contributed by atoms with E-state index in [1.807, 2.05) is 0 Å². The van der Waals surface area contributed by atoms with Gasteiger partial charge in [0.2, 0.25) is 0 Å². The number of carbonyl (C=O) groups is 2. The molecule has 5 nitrogen and oxygen atoms in total. The highest BCUT2D eigenvalue weighted by atomic mass is 16.5. The van der Waals surface area contributed by atoms with Gasteiger partial charge < -0.3 is 14.6 Å². The second kappa shape index (κ2) is 4.06.